The van der Waals surface area contributed by atoms with Crippen LogP contribution in [0.1, 0.15) is 11.1 Å². The van der Waals surface area contributed by atoms with Gasteiger partial charge in [-0.25, -0.2) is 33.7 Å². The molecule has 0 amide bonds. The standard InChI is InChI=1S/C34H24O12S4.4Na/c35-47(36,37)27-11-13-31-25(15-27)17-29(49(41,42)43)19-33(31)23-7-3-21(4-8-23)1-2-22-5-9-24(10-6-22)34-20-30(50(44,45)46)18-26-16-28(48(38,39)40)12-14-32(26)34;;;;/h1-20H,(H,35,36,37)(H,38,39,40)(H,41,42,43)(H,44,45,46);;;;/q;4*+1/p-4/b2-1+;;;;. The maximum absolute atomic E-state index is 11.9. The number of hydrogen-bond donors (Lipinski definition) is 0. The van der Waals surface area contributed by atoms with Gasteiger partial charge in [0.25, 0.3) is 0 Å². The van der Waals surface area contributed by atoms with E-state index in [1.807, 2.05) is 0 Å². The molecule has 256 valence electrons. The van der Waals surface area contributed by atoms with Crippen molar-refractivity contribution < 1.29 is 170 Å². The molecule has 0 N–H and O–H groups in total. The maximum Gasteiger partial charge on any atom is 1.00 e. The van der Waals surface area contributed by atoms with E-state index in [-0.39, 0.29) is 129 Å². The summed E-state index contributed by atoms with van der Waals surface area (Å²) in [5, 5.41) is 0.983. The van der Waals surface area contributed by atoms with E-state index in [1.165, 1.54) is 24.3 Å². The third-order valence-electron chi connectivity index (χ3n) is 7.86. The van der Waals surface area contributed by atoms with Crippen molar-refractivity contribution in [3.8, 4) is 22.3 Å². The molecule has 0 bridgehead atoms. The largest absolute Gasteiger partial charge is 1.00 e. The van der Waals surface area contributed by atoms with Gasteiger partial charge in [-0.05, 0) is 103 Å². The summed E-state index contributed by atoms with van der Waals surface area (Å²) in [6, 6.07) is 24.9. The second-order valence-corrected chi connectivity index (χ2v) is 16.6. The van der Waals surface area contributed by atoms with Crippen molar-refractivity contribution in [1.29, 1.82) is 0 Å². The summed E-state index contributed by atoms with van der Waals surface area (Å²) >= 11 is 0. The molecule has 0 saturated heterocycles. The Balaban J connectivity index is 0.00000252. The van der Waals surface area contributed by atoms with E-state index in [4.69, 9.17) is 0 Å². The van der Waals surface area contributed by atoms with Gasteiger partial charge < -0.3 is 18.2 Å². The van der Waals surface area contributed by atoms with Crippen LogP contribution in [-0.2, 0) is 40.5 Å². The van der Waals surface area contributed by atoms with Gasteiger partial charge in [0, 0.05) is 0 Å². The maximum atomic E-state index is 11.9. The van der Waals surface area contributed by atoms with Crippen LogP contribution in [0.3, 0.4) is 0 Å². The fourth-order valence-corrected chi connectivity index (χ4v) is 7.54. The summed E-state index contributed by atoms with van der Waals surface area (Å²) in [4.78, 5) is -2.34. The number of benzene rings is 6. The molecule has 0 radical (unpaired) electrons. The molecule has 0 aliphatic carbocycles. The molecule has 0 saturated carbocycles. The van der Waals surface area contributed by atoms with Crippen LogP contribution >= 0.6 is 0 Å². The van der Waals surface area contributed by atoms with Crippen LogP contribution in [0.25, 0.3) is 56.0 Å². The number of rotatable bonds is 8. The molecule has 0 unspecified atom stereocenters. The summed E-state index contributed by atoms with van der Waals surface area (Å²) in [6.07, 6.45) is 3.54. The molecule has 0 aliphatic rings. The second-order valence-electron chi connectivity index (χ2n) is 11.1. The van der Waals surface area contributed by atoms with Gasteiger partial charge in [0.15, 0.2) is 0 Å². The van der Waals surface area contributed by atoms with Crippen molar-refractivity contribution in [2.24, 2.45) is 0 Å². The fourth-order valence-electron chi connectivity index (χ4n) is 5.46. The molecular formula is C34H20Na4O12S4. The SMILES string of the molecule is O=S(=O)([O-])c1ccc2c(-c3ccc(/C=C/c4ccc(-c5cc(S(=O)(=O)[O-])cc6cc(S(=O)(=O)[O-])ccc56)cc4)cc3)cc(S(=O)(=O)[O-])cc2c1.[Na+].[Na+].[Na+].[Na+]. The van der Waals surface area contributed by atoms with Crippen molar-refractivity contribution in [2.75, 3.05) is 0 Å². The Morgan fingerprint density at radius 1 is 0.352 bits per heavy atom. The van der Waals surface area contributed by atoms with Crippen LogP contribution in [0.5, 0.6) is 0 Å². The molecule has 0 aliphatic heterocycles. The molecule has 0 spiro atoms. The van der Waals surface area contributed by atoms with Gasteiger partial charge in [0.1, 0.15) is 40.5 Å². The van der Waals surface area contributed by atoms with Crippen molar-refractivity contribution in [1.82, 2.24) is 0 Å². The van der Waals surface area contributed by atoms with Gasteiger partial charge in [-0.3, -0.25) is 0 Å². The number of hydrogen-bond acceptors (Lipinski definition) is 12. The first-order chi connectivity index (χ1) is 23.3. The smallest absolute Gasteiger partial charge is 0.744 e. The normalized spacial score (nSPS) is 12.0. The molecule has 12 nitrogen and oxygen atoms in total. The molecule has 6 rings (SSSR count). The molecule has 0 heterocycles. The summed E-state index contributed by atoms with van der Waals surface area (Å²) in [7, 11) is -19.5. The summed E-state index contributed by atoms with van der Waals surface area (Å²) < 4.78 is 140. The minimum absolute atomic E-state index is 0. The first-order valence-corrected chi connectivity index (χ1v) is 19.8. The van der Waals surface area contributed by atoms with E-state index in [0.717, 1.165) is 47.5 Å². The van der Waals surface area contributed by atoms with Crippen molar-refractivity contribution >= 4 is 74.2 Å². The van der Waals surface area contributed by atoms with Crippen molar-refractivity contribution in [3.63, 3.8) is 0 Å². The molecule has 0 fully saturated rings. The van der Waals surface area contributed by atoms with Crippen molar-refractivity contribution in [3.05, 3.63) is 120 Å². The zero-order valence-electron chi connectivity index (χ0n) is 29.1. The minimum Gasteiger partial charge on any atom is -0.744 e. The quantitative estimate of drug-likeness (QED) is 0.0792. The van der Waals surface area contributed by atoms with E-state index >= 15 is 0 Å². The average molecular weight is 841 g/mol. The van der Waals surface area contributed by atoms with E-state index in [2.05, 4.69) is 0 Å². The Bertz CT molecular complexity index is 2640. The Hall–Kier alpha value is -0.780. The third kappa shape index (κ3) is 11.4. The van der Waals surface area contributed by atoms with Crippen LogP contribution in [0.2, 0.25) is 0 Å². The van der Waals surface area contributed by atoms with E-state index in [1.54, 1.807) is 60.7 Å². The average Bonchev–Trinajstić information content (AvgIpc) is 3.04. The van der Waals surface area contributed by atoms with Gasteiger partial charge in [0.05, 0.1) is 19.6 Å². The van der Waals surface area contributed by atoms with Crippen LogP contribution in [0, 0.1) is 0 Å². The summed E-state index contributed by atoms with van der Waals surface area (Å²) in [6.45, 7) is 0. The first kappa shape index (κ1) is 49.4. The topological polar surface area (TPSA) is 229 Å². The molecule has 20 heteroatoms. The summed E-state index contributed by atoms with van der Waals surface area (Å²) in [5.74, 6) is 0. The Labute approximate surface area is 400 Å². The van der Waals surface area contributed by atoms with Crippen molar-refractivity contribution in [2.45, 2.75) is 19.6 Å². The fraction of sp³-hybridized carbons (Fsp3) is 0. The van der Waals surface area contributed by atoms with Gasteiger partial charge >= 0.3 is 118 Å². The van der Waals surface area contributed by atoms with Gasteiger partial charge in [-0.2, -0.15) is 0 Å². The molecule has 6 aromatic carbocycles. The predicted octanol–water partition coefficient (Wildman–Crippen LogP) is -6.87. The Morgan fingerprint density at radius 2 is 0.630 bits per heavy atom. The molecule has 6 aromatic rings. The monoisotopic (exact) mass is 840 g/mol. The number of fused-ring (bicyclic) bond motifs is 2. The molecular weight excluding hydrogens is 821 g/mol. The molecule has 54 heavy (non-hydrogen) atoms. The first-order valence-electron chi connectivity index (χ1n) is 14.2. The predicted molar refractivity (Wildman–Crippen MR) is 180 cm³/mol. The van der Waals surface area contributed by atoms with Crippen LogP contribution in [0.4, 0.5) is 0 Å². The van der Waals surface area contributed by atoms with Crippen LogP contribution < -0.4 is 118 Å². The Kier molecular flexibility index (Phi) is 17.2. The van der Waals surface area contributed by atoms with Crippen LogP contribution in [-0.4, -0.2) is 51.9 Å². The zero-order valence-corrected chi connectivity index (χ0v) is 40.3. The molecule has 0 aromatic heterocycles. The summed E-state index contributed by atoms with van der Waals surface area (Å²) in [5.41, 5.74) is 3.11. The third-order valence-corrected chi connectivity index (χ3v) is 11.2. The van der Waals surface area contributed by atoms with Gasteiger partial charge in [-0.15, -0.1) is 0 Å². The van der Waals surface area contributed by atoms with E-state index in [0.29, 0.717) is 33.0 Å². The molecule has 0 atom stereocenters. The van der Waals surface area contributed by atoms with Crippen LogP contribution in [0.15, 0.2) is 129 Å². The second kappa shape index (κ2) is 18.9. The van der Waals surface area contributed by atoms with Gasteiger partial charge in [0.2, 0.25) is 0 Å². The Morgan fingerprint density at radius 3 is 0.907 bits per heavy atom. The minimum atomic E-state index is -4.93. The zero-order chi connectivity index (χ0) is 36.2. The van der Waals surface area contributed by atoms with Gasteiger partial charge in [-0.1, -0.05) is 72.8 Å². The van der Waals surface area contributed by atoms with E-state index < -0.39 is 60.1 Å². The van der Waals surface area contributed by atoms with E-state index in [9.17, 15) is 51.9 Å².